The standard InChI is InChI=1S/C27H30F3N5O3/c1-17-23(20-12-24(26(37)34(4)16-20)35-5-7-38-8-6-35)13-22(14-31-17)32-25(36)19-9-18(15-33(2)3)10-21(11-19)27(28,29)30/h9-14,16H,5-8,15H2,1-4H3,(H,32,36). The lowest BCUT2D eigenvalue weighted by atomic mass is 10.0. The summed E-state index contributed by atoms with van der Waals surface area (Å²) in [5, 5.41) is 2.68. The molecule has 0 saturated carbocycles. The number of nitrogens with zero attached hydrogens (tertiary/aromatic N) is 4. The Morgan fingerprint density at radius 1 is 1.13 bits per heavy atom. The molecule has 3 heterocycles. The first kappa shape index (κ1) is 27.3. The van der Waals surface area contributed by atoms with Crippen molar-refractivity contribution in [2.45, 2.75) is 19.6 Å². The fourth-order valence-corrected chi connectivity index (χ4v) is 4.41. The van der Waals surface area contributed by atoms with Gasteiger partial charge in [-0.25, -0.2) is 0 Å². The number of nitrogens with one attached hydrogen (secondary N) is 1. The minimum Gasteiger partial charge on any atom is -0.378 e. The first-order valence-electron chi connectivity index (χ1n) is 12.1. The number of rotatable bonds is 6. The van der Waals surface area contributed by atoms with Crippen molar-refractivity contribution in [3.05, 3.63) is 75.5 Å². The molecule has 1 aromatic carbocycles. The first-order chi connectivity index (χ1) is 17.9. The maximum atomic E-state index is 13.5. The molecule has 4 rings (SSSR count). The Kier molecular flexibility index (Phi) is 7.89. The van der Waals surface area contributed by atoms with Crippen LogP contribution in [0.5, 0.6) is 0 Å². The van der Waals surface area contributed by atoms with Crippen molar-refractivity contribution in [3.63, 3.8) is 0 Å². The fraction of sp³-hybridized carbons (Fsp3) is 0.370. The number of hydrogen-bond acceptors (Lipinski definition) is 6. The Bertz CT molecular complexity index is 1400. The molecule has 0 unspecified atom stereocenters. The number of hydrogen-bond donors (Lipinski definition) is 1. The average molecular weight is 530 g/mol. The van der Waals surface area contributed by atoms with Gasteiger partial charge < -0.3 is 24.4 Å². The third-order valence-electron chi connectivity index (χ3n) is 6.25. The summed E-state index contributed by atoms with van der Waals surface area (Å²) in [7, 11) is 5.15. The van der Waals surface area contributed by atoms with E-state index in [1.54, 1.807) is 51.3 Å². The molecule has 11 heteroatoms. The summed E-state index contributed by atoms with van der Waals surface area (Å²) in [6.45, 7) is 4.31. The average Bonchev–Trinajstić information content (AvgIpc) is 2.86. The van der Waals surface area contributed by atoms with Crippen LogP contribution in [-0.2, 0) is 24.5 Å². The lowest BCUT2D eigenvalue weighted by Gasteiger charge is -2.28. The van der Waals surface area contributed by atoms with Gasteiger partial charge in [-0.05, 0) is 56.9 Å². The third-order valence-corrected chi connectivity index (χ3v) is 6.25. The number of alkyl halides is 3. The van der Waals surface area contributed by atoms with Gasteiger partial charge in [0, 0.05) is 55.3 Å². The van der Waals surface area contributed by atoms with E-state index in [1.165, 1.54) is 16.8 Å². The lowest BCUT2D eigenvalue weighted by Crippen LogP contribution is -2.40. The van der Waals surface area contributed by atoms with E-state index in [4.69, 9.17) is 4.74 Å². The minimum atomic E-state index is -4.59. The molecule has 3 aromatic rings. The smallest absolute Gasteiger partial charge is 0.378 e. The molecule has 0 radical (unpaired) electrons. The summed E-state index contributed by atoms with van der Waals surface area (Å²) in [4.78, 5) is 34.0. The fourth-order valence-electron chi connectivity index (χ4n) is 4.41. The molecule has 202 valence electrons. The van der Waals surface area contributed by atoms with Crippen molar-refractivity contribution in [3.8, 4) is 11.1 Å². The molecule has 0 atom stereocenters. The Balaban J connectivity index is 1.67. The Morgan fingerprint density at radius 3 is 2.50 bits per heavy atom. The number of carbonyl (C=O) groups excluding carboxylic acids is 1. The van der Waals surface area contributed by atoms with E-state index >= 15 is 0 Å². The SMILES string of the molecule is Cc1ncc(NC(=O)c2cc(CN(C)C)cc(C(F)(F)F)c2)cc1-c1cc(N2CCOCC2)c(=O)n(C)c1. The lowest BCUT2D eigenvalue weighted by molar-refractivity contribution is -0.137. The predicted octanol–water partition coefficient (Wildman–Crippen LogP) is 3.93. The molecule has 38 heavy (non-hydrogen) atoms. The number of morpholine rings is 1. The zero-order valence-corrected chi connectivity index (χ0v) is 21.7. The number of ether oxygens (including phenoxy) is 1. The molecule has 1 aliphatic heterocycles. The number of halogens is 3. The normalized spacial score (nSPS) is 14.2. The second kappa shape index (κ2) is 11.0. The van der Waals surface area contributed by atoms with Crippen LogP contribution in [-0.4, -0.2) is 60.8 Å². The van der Waals surface area contributed by atoms with Crippen LogP contribution in [0.4, 0.5) is 24.5 Å². The zero-order chi connectivity index (χ0) is 27.6. The summed E-state index contributed by atoms with van der Waals surface area (Å²) in [5.74, 6) is -0.679. The van der Waals surface area contributed by atoms with Crippen LogP contribution in [0.25, 0.3) is 11.1 Å². The largest absolute Gasteiger partial charge is 0.416 e. The molecule has 1 saturated heterocycles. The van der Waals surface area contributed by atoms with Crippen LogP contribution in [0.1, 0.15) is 27.2 Å². The van der Waals surface area contributed by atoms with E-state index in [1.807, 2.05) is 4.90 Å². The van der Waals surface area contributed by atoms with E-state index < -0.39 is 17.6 Å². The van der Waals surface area contributed by atoms with E-state index in [9.17, 15) is 22.8 Å². The van der Waals surface area contributed by atoms with Gasteiger partial charge in [-0.15, -0.1) is 0 Å². The highest BCUT2D eigenvalue weighted by atomic mass is 19.4. The van der Waals surface area contributed by atoms with Crippen LogP contribution in [0, 0.1) is 6.92 Å². The molecule has 1 fully saturated rings. The molecule has 1 N–H and O–H groups in total. The first-order valence-corrected chi connectivity index (χ1v) is 12.1. The highest BCUT2D eigenvalue weighted by Gasteiger charge is 2.32. The Hall–Kier alpha value is -3.70. The Morgan fingerprint density at radius 2 is 1.84 bits per heavy atom. The van der Waals surface area contributed by atoms with Gasteiger partial charge in [0.2, 0.25) is 0 Å². The predicted molar refractivity (Wildman–Crippen MR) is 139 cm³/mol. The maximum absolute atomic E-state index is 13.5. The van der Waals surface area contributed by atoms with Gasteiger partial charge in [-0.3, -0.25) is 14.6 Å². The number of benzene rings is 1. The maximum Gasteiger partial charge on any atom is 0.416 e. The van der Waals surface area contributed by atoms with Crippen molar-refractivity contribution in [1.29, 1.82) is 0 Å². The van der Waals surface area contributed by atoms with Gasteiger partial charge in [-0.1, -0.05) is 0 Å². The summed E-state index contributed by atoms with van der Waals surface area (Å²) < 4.78 is 47.4. The summed E-state index contributed by atoms with van der Waals surface area (Å²) in [6.07, 6.45) is -1.43. The van der Waals surface area contributed by atoms with Crippen LogP contribution in [0.2, 0.25) is 0 Å². The second-order valence-electron chi connectivity index (χ2n) is 9.59. The minimum absolute atomic E-state index is 0.101. The van der Waals surface area contributed by atoms with Crippen molar-refractivity contribution >= 4 is 17.3 Å². The van der Waals surface area contributed by atoms with Crippen molar-refractivity contribution in [2.24, 2.45) is 7.05 Å². The second-order valence-corrected chi connectivity index (χ2v) is 9.59. The zero-order valence-electron chi connectivity index (χ0n) is 21.7. The molecule has 0 spiro atoms. The third kappa shape index (κ3) is 6.22. The summed E-state index contributed by atoms with van der Waals surface area (Å²) in [5.41, 5.74) is 2.20. The number of carbonyl (C=O) groups is 1. The molecular formula is C27H30F3N5O3. The van der Waals surface area contributed by atoms with E-state index in [-0.39, 0.29) is 17.7 Å². The van der Waals surface area contributed by atoms with Crippen LogP contribution in [0.15, 0.2) is 47.5 Å². The molecule has 1 amide bonds. The number of pyridine rings is 2. The van der Waals surface area contributed by atoms with Crippen molar-refractivity contribution in [1.82, 2.24) is 14.5 Å². The molecule has 2 aromatic heterocycles. The van der Waals surface area contributed by atoms with E-state index in [2.05, 4.69) is 10.3 Å². The number of amides is 1. The Labute approximate surface area is 218 Å². The van der Waals surface area contributed by atoms with Gasteiger partial charge in [0.25, 0.3) is 11.5 Å². The summed E-state index contributed by atoms with van der Waals surface area (Å²) >= 11 is 0. The highest BCUT2D eigenvalue weighted by molar-refractivity contribution is 6.04. The topological polar surface area (TPSA) is 79.7 Å². The molecule has 1 aliphatic rings. The van der Waals surface area contributed by atoms with Crippen LogP contribution < -0.4 is 15.8 Å². The monoisotopic (exact) mass is 529 g/mol. The van der Waals surface area contributed by atoms with Crippen molar-refractivity contribution in [2.75, 3.05) is 50.6 Å². The van der Waals surface area contributed by atoms with Crippen molar-refractivity contribution < 1.29 is 22.7 Å². The van der Waals surface area contributed by atoms with Gasteiger partial charge in [0.15, 0.2) is 0 Å². The quantitative estimate of drug-likeness (QED) is 0.522. The number of aromatic nitrogens is 2. The number of anilines is 2. The molecular weight excluding hydrogens is 499 g/mol. The highest BCUT2D eigenvalue weighted by Crippen LogP contribution is 2.32. The van der Waals surface area contributed by atoms with E-state index in [0.717, 1.165) is 17.7 Å². The van der Waals surface area contributed by atoms with Gasteiger partial charge in [0.1, 0.15) is 5.69 Å². The molecule has 0 aliphatic carbocycles. The van der Waals surface area contributed by atoms with Gasteiger partial charge >= 0.3 is 6.18 Å². The molecule has 8 nitrogen and oxygen atoms in total. The van der Waals surface area contributed by atoms with Gasteiger partial charge in [-0.2, -0.15) is 13.2 Å². The molecule has 0 bridgehead atoms. The van der Waals surface area contributed by atoms with Crippen LogP contribution in [0.3, 0.4) is 0 Å². The van der Waals surface area contributed by atoms with Crippen LogP contribution >= 0.6 is 0 Å². The number of aryl methyl sites for hydroxylation is 2. The summed E-state index contributed by atoms with van der Waals surface area (Å²) in [6, 6.07) is 6.85. The van der Waals surface area contributed by atoms with Gasteiger partial charge in [0.05, 0.1) is 30.7 Å². The van der Waals surface area contributed by atoms with E-state index in [0.29, 0.717) is 54.5 Å².